The van der Waals surface area contributed by atoms with Crippen molar-refractivity contribution in [2.45, 2.75) is 25.2 Å². The molecule has 34 heavy (non-hydrogen) atoms. The van der Waals surface area contributed by atoms with Crippen LogP contribution in [0, 0.1) is 0 Å². The van der Waals surface area contributed by atoms with Crippen molar-refractivity contribution in [1.82, 2.24) is 4.90 Å². The number of nitrogens with zero attached hydrogens (tertiary/aromatic N) is 1. The molecule has 2 heteroatoms. The Morgan fingerprint density at radius 3 is 1.65 bits per heavy atom. The van der Waals surface area contributed by atoms with Crippen LogP contribution in [0.25, 0.3) is 10.8 Å². The van der Waals surface area contributed by atoms with Gasteiger partial charge in [-0.05, 0) is 33.0 Å². The van der Waals surface area contributed by atoms with Gasteiger partial charge in [-0.25, -0.2) is 0 Å². The molecule has 2 nitrogen and oxygen atoms in total. The Kier molecular flexibility index (Phi) is 6.81. The topological polar surface area (TPSA) is 23.5 Å². The Hall–Kier alpha value is -3.72. The lowest BCUT2D eigenvalue weighted by atomic mass is 9.90. The molecule has 0 spiro atoms. The smallest absolute Gasteiger partial charge is 0.0987 e. The van der Waals surface area contributed by atoms with E-state index < -0.39 is 6.10 Å². The molecule has 0 saturated heterocycles. The summed E-state index contributed by atoms with van der Waals surface area (Å²) in [7, 11) is 0. The Morgan fingerprint density at radius 2 is 1.03 bits per heavy atom. The summed E-state index contributed by atoms with van der Waals surface area (Å²) in [5.74, 6) is 0. The summed E-state index contributed by atoms with van der Waals surface area (Å²) < 4.78 is 0. The van der Waals surface area contributed by atoms with E-state index in [1.54, 1.807) is 0 Å². The minimum absolute atomic E-state index is 0.228. The van der Waals surface area contributed by atoms with Crippen LogP contribution in [0.5, 0.6) is 0 Å². The Bertz CT molecular complexity index is 1270. The molecule has 5 rings (SSSR count). The SMILES string of the molecule is O[C@@H](c1ccccc1)[C@@H](c1cccc2ccccc12)N(Cc1ccccc1)Cc1ccccc1. The summed E-state index contributed by atoms with van der Waals surface area (Å²) in [6.45, 7) is 1.46. The fourth-order valence-corrected chi connectivity index (χ4v) is 4.80. The Balaban J connectivity index is 1.66. The highest BCUT2D eigenvalue weighted by atomic mass is 16.3. The monoisotopic (exact) mass is 443 g/mol. The lowest BCUT2D eigenvalue weighted by molar-refractivity contribution is 0.0380. The molecule has 0 fully saturated rings. The number of hydrogen-bond donors (Lipinski definition) is 1. The van der Waals surface area contributed by atoms with E-state index in [1.807, 2.05) is 42.5 Å². The molecule has 0 bridgehead atoms. The lowest BCUT2D eigenvalue weighted by Gasteiger charge is -2.36. The number of aliphatic hydroxyl groups excluding tert-OH is 1. The standard InChI is InChI=1S/C32H29NO/c34-32(28-18-8-3-9-19-28)31(30-22-12-20-27-17-10-11-21-29(27)30)33(23-25-13-4-1-5-14-25)24-26-15-6-2-7-16-26/h1-22,31-32,34H,23-24H2/t31-,32+/m1/s1. The van der Waals surface area contributed by atoms with Gasteiger partial charge in [0.05, 0.1) is 12.1 Å². The highest BCUT2D eigenvalue weighted by Gasteiger charge is 2.30. The summed E-state index contributed by atoms with van der Waals surface area (Å²) in [4.78, 5) is 2.41. The summed E-state index contributed by atoms with van der Waals surface area (Å²) in [6, 6.07) is 45.7. The molecule has 168 valence electrons. The van der Waals surface area contributed by atoms with Gasteiger partial charge in [-0.3, -0.25) is 4.90 Å². The maximum absolute atomic E-state index is 11.9. The lowest BCUT2D eigenvalue weighted by Crippen LogP contribution is -2.32. The molecule has 0 unspecified atom stereocenters. The molecule has 0 saturated carbocycles. The molecule has 0 aliphatic carbocycles. The van der Waals surface area contributed by atoms with Crippen LogP contribution in [0.1, 0.15) is 34.4 Å². The van der Waals surface area contributed by atoms with E-state index in [0.717, 1.165) is 24.2 Å². The molecule has 5 aromatic rings. The van der Waals surface area contributed by atoms with Gasteiger partial charge < -0.3 is 5.11 Å². The first-order valence-corrected chi connectivity index (χ1v) is 11.8. The van der Waals surface area contributed by atoms with Crippen molar-refractivity contribution < 1.29 is 5.11 Å². The quantitative estimate of drug-likeness (QED) is 0.272. The van der Waals surface area contributed by atoms with Crippen molar-refractivity contribution >= 4 is 10.8 Å². The molecular weight excluding hydrogens is 414 g/mol. The van der Waals surface area contributed by atoms with Gasteiger partial charge in [-0.1, -0.05) is 133 Å². The van der Waals surface area contributed by atoms with Gasteiger partial charge in [0, 0.05) is 13.1 Å². The van der Waals surface area contributed by atoms with Gasteiger partial charge >= 0.3 is 0 Å². The summed E-state index contributed by atoms with van der Waals surface area (Å²) in [5.41, 5.74) is 4.51. The third-order valence-corrected chi connectivity index (χ3v) is 6.43. The minimum Gasteiger partial charge on any atom is -0.386 e. The van der Waals surface area contributed by atoms with Crippen LogP contribution in [-0.2, 0) is 13.1 Å². The van der Waals surface area contributed by atoms with E-state index in [9.17, 15) is 5.11 Å². The van der Waals surface area contributed by atoms with Crippen molar-refractivity contribution in [2.24, 2.45) is 0 Å². The third kappa shape index (κ3) is 4.94. The molecule has 0 heterocycles. The maximum atomic E-state index is 11.9. The first-order chi connectivity index (χ1) is 16.8. The zero-order valence-corrected chi connectivity index (χ0v) is 19.2. The van der Waals surface area contributed by atoms with Crippen LogP contribution in [-0.4, -0.2) is 10.0 Å². The molecule has 0 radical (unpaired) electrons. The van der Waals surface area contributed by atoms with Crippen LogP contribution in [0.3, 0.4) is 0 Å². The highest BCUT2D eigenvalue weighted by molar-refractivity contribution is 5.86. The van der Waals surface area contributed by atoms with Gasteiger partial charge in [-0.2, -0.15) is 0 Å². The average Bonchev–Trinajstić information content (AvgIpc) is 2.90. The third-order valence-electron chi connectivity index (χ3n) is 6.43. The number of rotatable bonds is 8. The van der Waals surface area contributed by atoms with E-state index in [0.29, 0.717) is 0 Å². The zero-order valence-electron chi connectivity index (χ0n) is 19.2. The number of fused-ring (bicyclic) bond motifs is 1. The van der Waals surface area contributed by atoms with Gasteiger partial charge in [0.25, 0.3) is 0 Å². The number of aliphatic hydroxyl groups is 1. The molecule has 0 amide bonds. The molecular formula is C32H29NO. The van der Waals surface area contributed by atoms with Crippen LogP contribution in [0.15, 0.2) is 133 Å². The highest BCUT2D eigenvalue weighted by Crippen LogP contribution is 2.39. The normalized spacial score (nSPS) is 13.1. The molecule has 5 aromatic carbocycles. The molecule has 2 atom stereocenters. The van der Waals surface area contributed by atoms with E-state index >= 15 is 0 Å². The van der Waals surface area contributed by atoms with Gasteiger partial charge in [0.15, 0.2) is 0 Å². The molecule has 0 aromatic heterocycles. The van der Waals surface area contributed by atoms with Crippen molar-refractivity contribution in [1.29, 1.82) is 0 Å². The van der Waals surface area contributed by atoms with Crippen molar-refractivity contribution in [2.75, 3.05) is 0 Å². The van der Waals surface area contributed by atoms with Crippen LogP contribution >= 0.6 is 0 Å². The predicted octanol–water partition coefficient (Wildman–Crippen LogP) is 7.32. The second kappa shape index (κ2) is 10.5. The summed E-state index contributed by atoms with van der Waals surface area (Å²) in [6.07, 6.45) is -0.681. The van der Waals surface area contributed by atoms with E-state index in [1.165, 1.54) is 21.9 Å². The molecule has 0 aliphatic heterocycles. The maximum Gasteiger partial charge on any atom is 0.0987 e. The van der Waals surface area contributed by atoms with Crippen LogP contribution in [0.2, 0.25) is 0 Å². The van der Waals surface area contributed by atoms with E-state index in [4.69, 9.17) is 0 Å². The first-order valence-electron chi connectivity index (χ1n) is 11.8. The number of hydrogen-bond acceptors (Lipinski definition) is 2. The van der Waals surface area contributed by atoms with Crippen molar-refractivity contribution in [3.05, 3.63) is 156 Å². The minimum atomic E-state index is -0.681. The second-order valence-electron chi connectivity index (χ2n) is 8.74. The first kappa shape index (κ1) is 22.1. The summed E-state index contributed by atoms with van der Waals surface area (Å²) in [5, 5.41) is 14.2. The second-order valence-corrected chi connectivity index (χ2v) is 8.74. The van der Waals surface area contributed by atoms with E-state index in [-0.39, 0.29) is 6.04 Å². The molecule has 0 aliphatic rings. The van der Waals surface area contributed by atoms with Gasteiger partial charge in [0.2, 0.25) is 0 Å². The number of benzene rings is 5. The van der Waals surface area contributed by atoms with Crippen molar-refractivity contribution in [3.63, 3.8) is 0 Å². The Labute approximate surface area is 201 Å². The van der Waals surface area contributed by atoms with Gasteiger partial charge in [0.1, 0.15) is 0 Å². The van der Waals surface area contributed by atoms with Crippen LogP contribution < -0.4 is 0 Å². The fourth-order valence-electron chi connectivity index (χ4n) is 4.80. The molecule has 1 N–H and O–H groups in total. The zero-order chi connectivity index (χ0) is 23.2. The Morgan fingerprint density at radius 1 is 0.529 bits per heavy atom. The average molecular weight is 444 g/mol. The van der Waals surface area contributed by atoms with Crippen LogP contribution in [0.4, 0.5) is 0 Å². The van der Waals surface area contributed by atoms with Gasteiger partial charge in [-0.15, -0.1) is 0 Å². The fraction of sp³-hybridized carbons (Fsp3) is 0.125. The van der Waals surface area contributed by atoms with Crippen molar-refractivity contribution in [3.8, 4) is 0 Å². The van der Waals surface area contributed by atoms with E-state index in [2.05, 4.69) is 95.9 Å². The largest absolute Gasteiger partial charge is 0.386 e. The summed E-state index contributed by atoms with van der Waals surface area (Å²) >= 11 is 0. The predicted molar refractivity (Wildman–Crippen MR) is 140 cm³/mol.